The van der Waals surface area contributed by atoms with Crippen LogP contribution in [-0.2, 0) is 14.8 Å². The molecular weight excluding hydrogens is 468 g/mol. The zero-order valence-corrected chi connectivity index (χ0v) is 20.3. The normalized spacial score (nSPS) is 14.4. The molecule has 9 nitrogen and oxygen atoms in total. The standard InChI is InChI=1S/C25H26N4O5S/c1-18-3-8-22(9-4-18)34-24-12-7-21(17-26-24)27-25(31)20-5-10-23(11-6-20)35(32,33)29-15-13-28(14-16-29)19(2)30/h3-12,17H,13-16H2,1-2H3,(H,27,31). The summed E-state index contributed by atoms with van der Waals surface area (Å²) in [5.41, 5.74) is 1.91. The highest BCUT2D eigenvalue weighted by atomic mass is 32.2. The molecular formula is C25H26N4O5S. The summed E-state index contributed by atoms with van der Waals surface area (Å²) in [4.78, 5) is 30.0. The topological polar surface area (TPSA) is 109 Å². The number of sulfonamides is 1. The first kappa shape index (κ1) is 24.4. The fourth-order valence-electron chi connectivity index (χ4n) is 3.62. The van der Waals surface area contributed by atoms with Gasteiger partial charge in [0.25, 0.3) is 5.91 Å². The lowest BCUT2D eigenvalue weighted by Crippen LogP contribution is -2.49. The Balaban J connectivity index is 1.36. The fourth-order valence-corrected chi connectivity index (χ4v) is 5.04. The van der Waals surface area contributed by atoms with E-state index in [9.17, 15) is 18.0 Å². The van der Waals surface area contributed by atoms with E-state index in [2.05, 4.69) is 10.3 Å². The van der Waals surface area contributed by atoms with Crippen molar-refractivity contribution in [3.8, 4) is 11.6 Å². The van der Waals surface area contributed by atoms with Gasteiger partial charge in [0, 0.05) is 44.7 Å². The number of hydrogen-bond acceptors (Lipinski definition) is 6. The molecule has 1 aliphatic heterocycles. The zero-order valence-electron chi connectivity index (χ0n) is 19.5. The molecule has 0 aliphatic carbocycles. The van der Waals surface area contributed by atoms with Gasteiger partial charge in [0.05, 0.1) is 16.8 Å². The highest BCUT2D eigenvalue weighted by molar-refractivity contribution is 7.89. The molecule has 0 radical (unpaired) electrons. The Morgan fingerprint density at radius 1 is 0.914 bits per heavy atom. The van der Waals surface area contributed by atoms with Crippen molar-refractivity contribution < 1.29 is 22.7 Å². The average molecular weight is 495 g/mol. The van der Waals surface area contributed by atoms with Crippen molar-refractivity contribution in [3.63, 3.8) is 0 Å². The van der Waals surface area contributed by atoms with Crippen LogP contribution in [0.3, 0.4) is 0 Å². The summed E-state index contributed by atoms with van der Waals surface area (Å²) in [6.07, 6.45) is 1.49. The third-order valence-electron chi connectivity index (χ3n) is 5.68. The molecule has 1 aromatic heterocycles. The minimum Gasteiger partial charge on any atom is -0.439 e. The van der Waals surface area contributed by atoms with Crippen LogP contribution in [0.1, 0.15) is 22.8 Å². The summed E-state index contributed by atoms with van der Waals surface area (Å²) in [7, 11) is -3.71. The van der Waals surface area contributed by atoms with Crippen LogP contribution in [0.5, 0.6) is 11.6 Å². The van der Waals surface area contributed by atoms with Crippen LogP contribution in [0.2, 0.25) is 0 Å². The van der Waals surface area contributed by atoms with Gasteiger partial charge in [0.2, 0.25) is 21.8 Å². The van der Waals surface area contributed by atoms with E-state index >= 15 is 0 Å². The molecule has 0 unspecified atom stereocenters. The van der Waals surface area contributed by atoms with Crippen LogP contribution < -0.4 is 10.1 Å². The van der Waals surface area contributed by atoms with Gasteiger partial charge < -0.3 is 15.0 Å². The number of hydrogen-bond donors (Lipinski definition) is 1. The molecule has 1 saturated heterocycles. The molecule has 182 valence electrons. The highest BCUT2D eigenvalue weighted by Gasteiger charge is 2.29. The molecule has 2 aromatic carbocycles. The van der Waals surface area contributed by atoms with E-state index in [0.29, 0.717) is 36.0 Å². The number of ether oxygens (including phenoxy) is 1. The number of benzene rings is 2. The molecule has 1 aliphatic rings. The van der Waals surface area contributed by atoms with Gasteiger partial charge in [0.1, 0.15) is 5.75 Å². The van der Waals surface area contributed by atoms with Crippen LogP contribution in [0.25, 0.3) is 0 Å². The average Bonchev–Trinajstić information content (AvgIpc) is 2.86. The van der Waals surface area contributed by atoms with Crippen LogP contribution in [0.4, 0.5) is 5.69 Å². The van der Waals surface area contributed by atoms with Crippen LogP contribution in [-0.4, -0.2) is 60.6 Å². The number of pyridine rings is 1. The summed E-state index contributed by atoms with van der Waals surface area (Å²) in [5, 5.41) is 2.74. The number of rotatable bonds is 6. The molecule has 35 heavy (non-hydrogen) atoms. The number of nitrogens with one attached hydrogen (secondary N) is 1. The van der Waals surface area contributed by atoms with E-state index in [1.807, 2.05) is 31.2 Å². The van der Waals surface area contributed by atoms with Gasteiger partial charge in [-0.3, -0.25) is 9.59 Å². The fraction of sp³-hybridized carbons (Fsp3) is 0.240. The minimum atomic E-state index is -3.71. The van der Waals surface area contributed by atoms with Crippen molar-refractivity contribution in [1.82, 2.24) is 14.2 Å². The number of piperazine rings is 1. The van der Waals surface area contributed by atoms with Gasteiger partial charge in [-0.15, -0.1) is 0 Å². The first-order valence-corrected chi connectivity index (χ1v) is 12.5. The second-order valence-electron chi connectivity index (χ2n) is 8.19. The second-order valence-corrected chi connectivity index (χ2v) is 10.1. The molecule has 3 aromatic rings. The molecule has 0 bridgehead atoms. The Kier molecular flexibility index (Phi) is 7.13. The largest absolute Gasteiger partial charge is 0.439 e. The third-order valence-corrected chi connectivity index (χ3v) is 7.59. The lowest BCUT2D eigenvalue weighted by atomic mass is 10.2. The molecule has 10 heteroatoms. The molecule has 0 saturated carbocycles. The summed E-state index contributed by atoms with van der Waals surface area (Å²) in [5.74, 6) is 0.597. The van der Waals surface area contributed by atoms with E-state index in [1.165, 1.54) is 41.7 Å². The van der Waals surface area contributed by atoms with Gasteiger partial charge in [-0.2, -0.15) is 4.31 Å². The number of carbonyl (C=O) groups is 2. The Bertz CT molecular complexity index is 1300. The predicted octanol–water partition coefficient (Wildman–Crippen LogP) is 3.29. The molecule has 1 N–H and O–H groups in total. The predicted molar refractivity (Wildman–Crippen MR) is 131 cm³/mol. The van der Waals surface area contributed by atoms with E-state index in [1.54, 1.807) is 17.0 Å². The SMILES string of the molecule is CC(=O)N1CCN(S(=O)(=O)c2ccc(C(=O)Nc3ccc(Oc4ccc(C)cc4)nc3)cc2)CC1. The van der Waals surface area contributed by atoms with E-state index in [4.69, 9.17) is 4.74 Å². The molecule has 0 atom stereocenters. The van der Waals surface area contributed by atoms with Crippen molar-refractivity contribution in [3.05, 3.63) is 78.0 Å². The summed E-state index contributed by atoms with van der Waals surface area (Å²) < 4.78 is 32.9. The lowest BCUT2D eigenvalue weighted by molar-refractivity contribution is -0.129. The summed E-state index contributed by atoms with van der Waals surface area (Å²) in [6, 6.07) is 16.7. The number of aryl methyl sites for hydroxylation is 1. The van der Waals surface area contributed by atoms with E-state index in [-0.39, 0.29) is 23.9 Å². The first-order valence-electron chi connectivity index (χ1n) is 11.1. The maximum absolute atomic E-state index is 12.9. The molecule has 2 amide bonds. The number of amides is 2. The van der Waals surface area contributed by atoms with Gasteiger partial charge in [-0.25, -0.2) is 13.4 Å². The summed E-state index contributed by atoms with van der Waals surface area (Å²) in [6.45, 7) is 4.65. The Morgan fingerprint density at radius 3 is 2.14 bits per heavy atom. The van der Waals surface area contributed by atoms with Crippen LogP contribution >= 0.6 is 0 Å². The molecule has 0 spiro atoms. The smallest absolute Gasteiger partial charge is 0.255 e. The van der Waals surface area contributed by atoms with Crippen molar-refractivity contribution in [2.45, 2.75) is 18.7 Å². The lowest BCUT2D eigenvalue weighted by Gasteiger charge is -2.33. The summed E-state index contributed by atoms with van der Waals surface area (Å²) >= 11 is 0. The van der Waals surface area contributed by atoms with Crippen molar-refractivity contribution >= 4 is 27.5 Å². The second kappa shape index (κ2) is 10.2. The van der Waals surface area contributed by atoms with E-state index < -0.39 is 15.9 Å². The van der Waals surface area contributed by atoms with Crippen LogP contribution in [0.15, 0.2) is 71.8 Å². The Morgan fingerprint density at radius 2 is 1.57 bits per heavy atom. The monoisotopic (exact) mass is 494 g/mol. The maximum atomic E-state index is 12.9. The minimum absolute atomic E-state index is 0.0685. The van der Waals surface area contributed by atoms with Gasteiger partial charge in [0.15, 0.2) is 0 Å². The quantitative estimate of drug-likeness (QED) is 0.563. The van der Waals surface area contributed by atoms with E-state index in [0.717, 1.165) is 5.56 Å². The van der Waals surface area contributed by atoms with Crippen molar-refractivity contribution in [2.75, 3.05) is 31.5 Å². The van der Waals surface area contributed by atoms with Gasteiger partial charge in [-0.1, -0.05) is 17.7 Å². The number of anilines is 1. The number of aromatic nitrogens is 1. The van der Waals surface area contributed by atoms with Crippen molar-refractivity contribution in [2.24, 2.45) is 0 Å². The zero-order chi connectivity index (χ0) is 25.0. The number of nitrogens with zero attached hydrogens (tertiary/aromatic N) is 3. The third kappa shape index (κ3) is 5.84. The molecule has 4 rings (SSSR count). The maximum Gasteiger partial charge on any atom is 0.255 e. The Labute approximate surface area is 204 Å². The number of carbonyl (C=O) groups excluding carboxylic acids is 2. The molecule has 2 heterocycles. The molecule has 1 fully saturated rings. The van der Waals surface area contributed by atoms with Crippen molar-refractivity contribution in [1.29, 1.82) is 0 Å². The van der Waals surface area contributed by atoms with Gasteiger partial charge in [-0.05, 0) is 49.4 Å². The highest BCUT2D eigenvalue weighted by Crippen LogP contribution is 2.22. The van der Waals surface area contributed by atoms with Gasteiger partial charge >= 0.3 is 0 Å². The van der Waals surface area contributed by atoms with Crippen LogP contribution in [0, 0.1) is 6.92 Å². The Hall–Kier alpha value is -3.76. The first-order chi connectivity index (χ1) is 16.7.